The monoisotopic (exact) mass is 434 g/mol. The largest absolute Gasteiger partial charge is 0.573 e. The summed E-state index contributed by atoms with van der Waals surface area (Å²) in [5.41, 5.74) is 1.88. The number of likely N-dealkylation sites (tertiary alicyclic amines) is 1. The highest BCUT2D eigenvalue weighted by Gasteiger charge is 2.33. The quantitative estimate of drug-likeness (QED) is 0.593. The van der Waals surface area contributed by atoms with Crippen molar-refractivity contribution in [2.75, 3.05) is 26.8 Å². The number of rotatable bonds is 6. The van der Waals surface area contributed by atoms with E-state index < -0.39 is 6.36 Å². The highest BCUT2D eigenvalue weighted by Crippen LogP contribution is 2.30. The lowest BCUT2D eigenvalue weighted by Gasteiger charge is -2.17. The highest BCUT2D eigenvalue weighted by atomic mass is 19.4. The van der Waals surface area contributed by atoms with Crippen molar-refractivity contribution in [1.82, 2.24) is 19.4 Å². The predicted molar refractivity (Wildman–Crippen MR) is 106 cm³/mol. The molecule has 0 N–H and O–H groups in total. The summed E-state index contributed by atoms with van der Waals surface area (Å²) in [6.45, 7) is 2.11. The number of alkyl halides is 3. The number of carbonyl (C=O) groups excluding carboxylic acids is 1. The first-order chi connectivity index (χ1) is 14.9. The number of benzene rings is 1. The number of hydrogen-bond acceptors (Lipinski definition) is 5. The Labute approximate surface area is 176 Å². The molecular formula is C21H21F3N4O3. The first-order valence-electron chi connectivity index (χ1n) is 9.81. The second kappa shape index (κ2) is 8.54. The number of amides is 1. The molecule has 0 bridgehead atoms. The van der Waals surface area contributed by atoms with Crippen LogP contribution in [0.2, 0.25) is 0 Å². The number of ether oxygens (including phenoxy) is 2. The third kappa shape index (κ3) is 4.63. The van der Waals surface area contributed by atoms with Gasteiger partial charge < -0.3 is 18.9 Å². The van der Waals surface area contributed by atoms with Gasteiger partial charge in [-0.3, -0.25) is 4.79 Å². The molecule has 1 atom stereocenters. The summed E-state index contributed by atoms with van der Waals surface area (Å²) in [7, 11) is 1.63. The molecule has 1 amide bonds. The van der Waals surface area contributed by atoms with E-state index in [0.29, 0.717) is 31.8 Å². The molecule has 1 fully saturated rings. The molecule has 0 aliphatic carbocycles. The fourth-order valence-corrected chi connectivity index (χ4v) is 3.83. The number of carbonyl (C=O) groups is 1. The number of imidazole rings is 1. The Morgan fingerprint density at radius 3 is 2.71 bits per heavy atom. The molecule has 31 heavy (non-hydrogen) atoms. The number of halogens is 3. The molecule has 4 rings (SSSR count). The molecule has 10 heteroatoms. The van der Waals surface area contributed by atoms with Gasteiger partial charge in [0.1, 0.15) is 17.1 Å². The second-order valence-electron chi connectivity index (χ2n) is 7.27. The predicted octanol–water partition coefficient (Wildman–Crippen LogP) is 3.61. The Morgan fingerprint density at radius 2 is 2.00 bits per heavy atom. The molecule has 1 aliphatic rings. The number of hydrogen-bond donors (Lipinski definition) is 0. The lowest BCUT2D eigenvalue weighted by Crippen LogP contribution is -2.28. The minimum atomic E-state index is -4.77. The molecule has 1 aliphatic heterocycles. The summed E-state index contributed by atoms with van der Waals surface area (Å²) in [5.74, 6) is 0.291. The molecule has 0 saturated carbocycles. The average molecular weight is 434 g/mol. The molecule has 0 radical (unpaired) electrons. The zero-order valence-electron chi connectivity index (χ0n) is 16.8. The first kappa shape index (κ1) is 21.1. The zero-order valence-corrected chi connectivity index (χ0v) is 16.8. The minimum Gasteiger partial charge on any atom is -0.406 e. The maximum absolute atomic E-state index is 12.9. The van der Waals surface area contributed by atoms with Gasteiger partial charge in [-0.2, -0.15) is 0 Å². The number of nitrogens with zero attached hydrogens (tertiary/aromatic N) is 4. The van der Waals surface area contributed by atoms with Gasteiger partial charge in [0.15, 0.2) is 5.65 Å². The van der Waals surface area contributed by atoms with Gasteiger partial charge in [0.25, 0.3) is 5.91 Å². The van der Waals surface area contributed by atoms with Gasteiger partial charge >= 0.3 is 6.36 Å². The summed E-state index contributed by atoms with van der Waals surface area (Å²) in [6.07, 6.45) is -2.32. The van der Waals surface area contributed by atoms with Gasteiger partial charge in [-0.1, -0.05) is 0 Å². The van der Waals surface area contributed by atoms with Gasteiger partial charge in [0, 0.05) is 44.4 Å². The third-order valence-corrected chi connectivity index (χ3v) is 5.23. The van der Waals surface area contributed by atoms with Crippen molar-refractivity contribution in [3.8, 4) is 5.75 Å². The normalized spacial score (nSPS) is 16.8. The van der Waals surface area contributed by atoms with Crippen molar-refractivity contribution < 1.29 is 27.4 Å². The molecule has 7 nitrogen and oxygen atoms in total. The summed E-state index contributed by atoms with van der Waals surface area (Å²) >= 11 is 0. The summed E-state index contributed by atoms with van der Waals surface area (Å²) in [6, 6.07) is 8.70. The number of fused-ring (bicyclic) bond motifs is 1. The van der Waals surface area contributed by atoms with Gasteiger partial charge in [-0.25, -0.2) is 9.97 Å². The van der Waals surface area contributed by atoms with E-state index in [1.807, 2.05) is 16.7 Å². The molecule has 164 valence electrons. The lowest BCUT2D eigenvalue weighted by atomic mass is 10.1. The highest BCUT2D eigenvalue weighted by molar-refractivity contribution is 5.94. The maximum atomic E-state index is 12.9. The third-order valence-electron chi connectivity index (χ3n) is 5.23. The standard InChI is InChI=1S/C21H21F3N4O3/c1-30-12-11-28-18(26-17-3-2-9-25-19(17)28)15-8-10-27(13-15)20(29)14-4-6-16(7-5-14)31-21(22,23)24/h2-7,9,15H,8,10-13H2,1H3. The second-order valence-corrected chi connectivity index (χ2v) is 7.27. The van der Waals surface area contributed by atoms with Crippen LogP contribution in [0, 0.1) is 0 Å². The van der Waals surface area contributed by atoms with Crippen molar-refractivity contribution >= 4 is 17.1 Å². The molecule has 0 spiro atoms. The van der Waals surface area contributed by atoms with Gasteiger partial charge in [0.05, 0.1) is 6.61 Å². The Bertz CT molecular complexity index is 1070. The van der Waals surface area contributed by atoms with Crippen LogP contribution in [0.1, 0.15) is 28.5 Å². The van der Waals surface area contributed by atoms with E-state index in [1.165, 1.54) is 12.1 Å². The molecule has 1 saturated heterocycles. The van der Waals surface area contributed by atoms with E-state index in [2.05, 4.69) is 9.72 Å². The van der Waals surface area contributed by atoms with Crippen molar-refractivity contribution in [3.63, 3.8) is 0 Å². The SMILES string of the molecule is COCCn1c(C2CCN(C(=O)c3ccc(OC(F)(F)F)cc3)C2)nc2cccnc21. The average Bonchev–Trinajstić information content (AvgIpc) is 3.36. The van der Waals surface area contributed by atoms with Gasteiger partial charge in [-0.05, 0) is 42.8 Å². The first-order valence-corrected chi connectivity index (χ1v) is 9.81. The number of pyridine rings is 1. The fraction of sp³-hybridized carbons (Fsp3) is 0.381. The van der Waals surface area contributed by atoms with Crippen molar-refractivity contribution in [1.29, 1.82) is 0 Å². The van der Waals surface area contributed by atoms with Crippen LogP contribution in [0.25, 0.3) is 11.2 Å². The van der Waals surface area contributed by atoms with Crippen LogP contribution in [-0.2, 0) is 11.3 Å². The Hall–Kier alpha value is -3.14. The van der Waals surface area contributed by atoms with Crippen molar-refractivity contribution in [2.45, 2.75) is 25.2 Å². The molecule has 1 aromatic carbocycles. The van der Waals surface area contributed by atoms with Crippen LogP contribution in [0.3, 0.4) is 0 Å². The van der Waals surface area contributed by atoms with Crippen molar-refractivity contribution in [2.24, 2.45) is 0 Å². The Kier molecular flexibility index (Phi) is 5.81. The van der Waals surface area contributed by atoms with E-state index >= 15 is 0 Å². The Balaban J connectivity index is 1.50. The molecular weight excluding hydrogens is 413 g/mol. The van der Waals surface area contributed by atoms with E-state index in [1.54, 1.807) is 18.2 Å². The molecule has 3 heterocycles. The van der Waals surface area contributed by atoms with E-state index in [0.717, 1.165) is 35.5 Å². The smallest absolute Gasteiger partial charge is 0.406 e. The van der Waals surface area contributed by atoms with Crippen LogP contribution >= 0.6 is 0 Å². The van der Waals surface area contributed by atoms with Gasteiger partial charge in [0.2, 0.25) is 0 Å². The summed E-state index contributed by atoms with van der Waals surface area (Å²) < 4.78 is 48.1. The number of methoxy groups -OCH3 is 1. The zero-order chi connectivity index (χ0) is 22.0. The van der Waals surface area contributed by atoms with Crippen LogP contribution < -0.4 is 4.74 Å². The summed E-state index contributed by atoms with van der Waals surface area (Å²) in [5, 5.41) is 0. The van der Waals surface area contributed by atoms with Crippen LogP contribution in [0.15, 0.2) is 42.6 Å². The van der Waals surface area contributed by atoms with Crippen LogP contribution in [-0.4, -0.2) is 58.5 Å². The molecule has 3 aromatic rings. The fourth-order valence-electron chi connectivity index (χ4n) is 3.83. The van der Waals surface area contributed by atoms with E-state index in [-0.39, 0.29) is 17.6 Å². The minimum absolute atomic E-state index is 0.0304. The molecule has 1 unspecified atom stereocenters. The van der Waals surface area contributed by atoms with E-state index in [4.69, 9.17) is 9.72 Å². The Morgan fingerprint density at radius 1 is 1.23 bits per heavy atom. The van der Waals surface area contributed by atoms with Crippen LogP contribution in [0.4, 0.5) is 13.2 Å². The topological polar surface area (TPSA) is 69.5 Å². The number of aromatic nitrogens is 3. The maximum Gasteiger partial charge on any atom is 0.573 e. The molecule has 2 aromatic heterocycles. The van der Waals surface area contributed by atoms with Crippen molar-refractivity contribution in [3.05, 3.63) is 54.0 Å². The lowest BCUT2D eigenvalue weighted by molar-refractivity contribution is -0.274. The van der Waals surface area contributed by atoms with Crippen LogP contribution in [0.5, 0.6) is 5.75 Å². The summed E-state index contributed by atoms with van der Waals surface area (Å²) in [4.78, 5) is 23.7. The van der Waals surface area contributed by atoms with Gasteiger partial charge in [-0.15, -0.1) is 13.2 Å². The van der Waals surface area contributed by atoms with E-state index in [9.17, 15) is 18.0 Å².